The molecule has 0 saturated carbocycles. The lowest BCUT2D eigenvalue weighted by Gasteiger charge is -2.23. The normalized spacial score (nSPS) is 11.7. The molecule has 0 fully saturated rings. The number of ether oxygens (including phenoxy) is 12. The van der Waals surface area contributed by atoms with Crippen LogP contribution < -0.4 is 20.3 Å². The van der Waals surface area contributed by atoms with E-state index in [0.29, 0.717) is 178 Å². The largest absolute Gasteiger partial charge is 0.416 e. The van der Waals surface area contributed by atoms with Gasteiger partial charge in [0.15, 0.2) is 0 Å². The Morgan fingerprint density at radius 2 is 1.04 bits per heavy atom. The van der Waals surface area contributed by atoms with Crippen LogP contribution in [0, 0.1) is 0 Å². The van der Waals surface area contributed by atoms with Crippen molar-refractivity contribution in [2.24, 2.45) is 0 Å². The molecule has 520 valence electrons. The number of anilines is 2. The van der Waals surface area contributed by atoms with Crippen molar-refractivity contribution in [2.45, 2.75) is 44.3 Å². The molecule has 0 unspecified atom stereocenters. The number of nitrogens with zero attached hydrogens (tertiary/aromatic N) is 3. The standard InChI is InChI=1S/C67H93F3N6O17S/c1-5-75(6-2)59-17-20-62(61(51-59)63-50-57(21-22-71-63)64(77)72-52-54-11-8-14-58(49-54)67(68,69)70)74-65(78)56-13-7-10-53(48-56)12-9-26-84-32-35-88-40-41-89-36-33-85-27-23-73-94(80,81)60-18-15-55(16-19-60)66(79)76(24-28-82-3)25-29-86-34-37-90-42-43-92-46-47-93-45-44-91-39-38-87-31-30-83-4/h7-8,10-11,13-22,48-51,73H,5-6,9,12,23-47,52H2,1-4H3,(H,72,77)(H,74,78). The quantitative estimate of drug-likeness (QED) is 0.0317. The summed E-state index contributed by atoms with van der Waals surface area (Å²) in [6, 6.07) is 26.6. The average molecular weight is 1340 g/mol. The first-order valence-electron chi connectivity index (χ1n) is 31.5. The second kappa shape index (κ2) is 45.8. The van der Waals surface area contributed by atoms with Crippen LogP contribution in [-0.4, -0.2) is 228 Å². The number of halogens is 3. The Morgan fingerprint density at radius 3 is 1.62 bits per heavy atom. The minimum absolute atomic E-state index is 0.00593. The molecular formula is C67H93F3N6O17S. The molecule has 0 bridgehead atoms. The topological polar surface area (TPSA) is 252 Å². The first kappa shape index (κ1) is 78.2. The maximum atomic E-state index is 13.8. The van der Waals surface area contributed by atoms with Crippen molar-refractivity contribution in [3.05, 3.63) is 143 Å². The highest BCUT2D eigenvalue weighted by Gasteiger charge is 2.30. The lowest BCUT2D eigenvalue weighted by Crippen LogP contribution is -2.36. The zero-order valence-electron chi connectivity index (χ0n) is 54.4. The minimum atomic E-state index is -4.51. The third kappa shape index (κ3) is 30.5. The van der Waals surface area contributed by atoms with Crippen molar-refractivity contribution < 1.29 is 92.8 Å². The summed E-state index contributed by atoms with van der Waals surface area (Å²) >= 11 is 0. The van der Waals surface area contributed by atoms with E-state index >= 15 is 0 Å². The summed E-state index contributed by atoms with van der Waals surface area (Å²) in [5.74, 6) is -1.13. The Bertz CT molecular complexity index is 3060. The van der Waals surface area contributed by atoms with E-state index in [1.165, 1.54) is 48.7 Å². The summed E-state index contributed by atoms with van der Waals surface area (Å²) in [7, 11) is -0.702. The highest BCUT2D eigenvalue weighted by molar-refractivity contribution is 7.89. The Labute approximate surface area is 550 Å². The van der Waals surface area contributed by atoms with Crippen LogP contribution in [0.3, 0.4) is 0 Å². The summed E-state index contributed by atoms with van der Waals surface area (Å²) in [5, 5.41) is 5.74. The van der Waals surface area contributed by atoms with E-state index in [1.807, 2.05) is 44.2 Å². The fourth-order valence-corrected chi connectivity index (χ4v) is 10.0. The van der Waals surface area contributed by atoms with Crippen LogP contribution >= 0.6 is 0 Å². The van der Waals surface area contributed by atoms with Gasteiger partial charge in [0.05, 0.1) is 161 Å². The Kier molecular flexibility index (Phi) is 38.1. The van der Waals surface area contributed by atoms with Crippen LogP contribution in [0.15, 0.2) is 114 Å². The number of hydrogen-bond acceptors (Lipinski definition) is 19. The number of carbonyl (C=O) groups excluding carboxylic acids is 3. The molecule has 27 heteroatoms. The number of alkyl halides is 3. The molecule has 5 rings (SSSR count). The highest BCUT2D eigenvalue weighted by atomic mass is 32.2. The Hall–Kier alpha value is -6.54. The van der Waals surface area contributed by atoms with E-state index in [2.05, 4.69) is 25.2 Å². The van der Waals surface area contributed by atoms with Gasteiger partial charge in [-0.3, -0.25) is 19.4 Å². The van der Waals surface area contributed by atoms with E-state index in [9.17, 15) is 36.0 Å². The molecule has 0 aliphatic heterocycles. The summed E-state index contributed by atoms with van der Waals surface area (Å²) in [6.45, 7) is 14.6. The molecule has 23 nitrogen and oxygen atoms in total. The second-order valence-electron chi connectivity index (χ2n) is 20.8. The van der Waals surface area contributed by atoms with Gasteiger partial charge < -0.3 is 77.3 Å². The molecule has 0 aliphatic carbocycles. The summed E-state index contributed by atoms with van der Waals surface area (Å²) in [4.78, 5) is 48.8. The van der Waals surface area contributed by atoms with Crippen molar-refractivity contribution in [3.63, 3.8) is 0 Å². The zero-order valence-corrected chi connectivity index (χ0v) is 55.2. The van der Waals surface area contributed by atoms with Crippen molar-refractivity contribution in [1.82, 2.24) is 19.9 Å². The van der Waals surface area contributed by atoms with Gasteiger partial charge in [-0.2, -0.15) is 13.2 Å². The molecule has 94 heavy (non-hydrogen) atoms. The molecule has 1 heterocycles. The van der Waals surface area contributed by atoms with Crippen molar-refractivity contribution in [1.29, 1.82) is 0 Å². The number of aryl methyl sites for hydroxylation is 1. The minimum Gasteiger partial charge on any atom is -0.383 e. The van der Waals surface area contributed by atoms with E-state index in [-0.39, 0.29) is 61.8 Å². The van der Waals surface area contributed by atoms with Gasteiger partial charge >= 0.3 is 6.18 Å². The number of benzene rings is 4. The molecule has 0 radical (unpaired) electrons. The van der Waals surface area contributed by atoms with E-state index in [4.69, 9.17) is 56.8 Å². The summed E-state index contributed by atoms with van der Waals surface area (Å²) < 4.78 is 134. The van der Waals surface area contributed by atoms with Crippen molar-refractivity contribution in [3.8, 4) is 11.3 Å². The van der Waals surface area contributed by atoms with Gasteiger partial charge in [-0.05, 0) is 117 Å². The highest BCUT2D eigenvalue weighted by Crippen LogP contribution is 2.33. The molecule has 0 aliphatic rings. The zero-order chi connectivity index (χ0) is 67.5. The van der Waals surface area contributed by atoms with Gasteiger partial charge in [0.25, 0.3) is 17.7 Å². The maximum absolute atomic E-state index is 13.8. The molecule has 0 spiro atoms. The molecule has 1 aromatic heterocycles. The first-order valence-corrected chi connectivity index (χ1v) is 33.0. The third-order valence-electron chi connectivity index (χ3n) is 14.0. The van der Waals surface area contributed by atoms with Gasteiger partial charge in [0.2, 0.25) is 10.0 Å². The van der Waals surface area contributed by atoms with Crippen molar-refractivity contribution in [2.75, 3.05) is 203 Å². The van der Waals surface area contributed by atoms with E-state index in [1.54, 1.807) is 37.3 Å². The first-order chi connectivity index (χ1) is 45.7. The molecule has 0 atom stereocenters. The van der Waals surface area contributed by atoms with Gasteiger partial charge in [0.1, 0.15) is 0 Å². The molecule has 0 saturated heterocycles. The third-order valence-corrected chi connectivity index (χ3v) is 15.5. The maximum Gasteiger partial charge on any atom is 0.416 e. The smallest absolute Gasteiger partial charge is 0.383 e. The lowest BCUT2D eigenvalue weighted by molar-refractivity contribution is -0.137. The number of rotatable bonds is 52. The number of sulfonamides is 1. The van der Waals surface area contributed by atoms with E-state index < -0.39 is 27.7 Å². The number of hydrogen-bond donors (Lipinski definition) is 3. The second-order valence-corrected chi connectivity index (χ2v) is 22.6. The van der Waals surface area contributed by atoms with Gasteiger partial charge in [-0.15, -0.1) is 0 Å². The fraction of sp³-hybridized carbons (Fsp3) is 0.522. The molecule has 3 amide bonds. The van der Waals surface area contributed by atoms with Gasteiger partial charge in [-0.1, -0.05) is 24.3 Å². The molecule has 5 aromatic rings. The number of nitrogens with one attached hydrogen (secondary N) is 3. The van der Waals surface area contributed by atoms with Crippen molar-refractivity contribution >= 4 is 39.1 Å². The van der Waals surface area contributed by atoms with Crippen LogP contribution in [0.5, 0.6) is 0 Å². The average Bonchev–Trinajstić information content (AvgIpc) is 0.830. The fourth-order valence-electron chi connectivity index (χ4n) is 9.03. The van der Waals surface area contributed by atoms with Crippen LogP contribution in [0.1, 0.15) is 68.0 Å². The molecule has 4 aromatic carbocycles. The van der Waals surface area contributed by atoms with Crippen LogP contribution in [-0.2, 0) is 86.0 Å². The summed E-state index contributed by atoms with van der Waals surface area (Å²) in [5.41, 5.74) is 3.80. The van der Waals surface area contributed by atoms with E-state index in [0.717, 1.165) is 36.5 Å². The number of carbonyl (C=O) groups is 3. The van der Waals surface area contributed by atoms with Crippen LogP contribution in [0.25, 0.3) is 11.3 Å². The number of methoxy groups -OCH3 is 2. The molecule has 3 N–H and O–H groups in total. The number of pyridine rings is 1. The van der Waals surface area contributed by atoms with Crippen LogP contribution in [0.4, 0.5) is 24.5 Å². The van der Waals surface area contributed by atoms with Crippen LogP contribution in [0.2, 0.25) is 0 Å². The summed E-state index contributed by atoms with van der Waals surface area (Å²) in [6.07, 6.45) is -1.67. The SMILES string of the molecule is CCN(CC)c1ccc(NC(=O)c2cccc(CCCOCCOCCOCCOCCNS(=O)(=O)c3ccc(C(=O)N(CCOC)CCOCCOCCOCCOCCOCCOCCOC)cc3)c2)c(-c2cc(C(=O)NCc3cccc(C(F)(F)F)c3)ccn2)c1. The van der Waals surface area contributed by atoms with Gasteiger partial charge in [0, 0.05) is 94.2 Å². The number of aromatic nitrogens is 1. The number of amides is 3. The Morgan fingerprint density at radius 1 is 0.521 bits per heavy atom. The van der Waals surface area contributed by atoms with Gasteiger partial charge in [-0.25, -0.2) is 13.1 Å². The molecular weight excluding hydrogens is 1250 g/mol. The predicted octanol–water partition coefficient (Wildman–Crippen LogP) is 7.61. The predicted molar refractivity (Wildman–Crippen MR) is 348 cm³/mol. The lowest BCUT2D eigenvalue weighted by atomic mass is 10.0. The monoisotopic (exact) mass is 1340 g/mol. The Balaban J connectivity index is 0.892.